The van der Waals surface area contributed by atoms with Gasteiger partial charge in [0.25, 0.3) is 0 Å². The van der Waals surface area contributed by atoms with E-state index < -0.39 is 0 Å². The van der Waals surface area contributed by atoms with E-state index in [9.17, 15) is 0 Å². The molecule has 2 unspecified atom stereocenters. The Balaban J connectivity index is 2.39. The normalized spacial score (nSPS) is 22.8. The van der Waals surface area contributed by atoms with Crippen molar-refractivity contribution in [1.29, 1.82) is 0 Å². The van der Waals surface area contributed by atoms with Crippen molar-refractivity contribution in [3.05, 3.63) is 0 Å². The van der Waals surface area contributed by atoms with Crippen LogP contribution >= 0.6 is 0 Å². The second kappa shape index (κ2) is 9.78. The van der Waals surface area contributed by atoms with Gasteiger partial charge in [-0.3, -0.25) is 0 Å². The van der Waals surface area contributed by atoms with Gasteiger partial charge < -0.3 is 10.2 Å². The summed E-state index contributed by atoms with van der Waals surface area (Å²) < 4.78 is 0. The minimum atomic E-state index is 0.827. The molecule has 0 aromatic carbocycles. The molecular formula is C18H38N2. The highest BCUT2D eigenvalue weighted by Gasteiger charge is 2.34. The Morgan fingerprint density at radius 2 is 1.60 bits per heavy atom. The summed E-state index contributed by atoms with van der Waals surface area (Å²) in [5, 5.41) is 3.62. The van der Waals surface area contributed by atoms with Crippen molar-refractivity contribution in [2.45, 2.75) is 72.8 Å². The number of hydrogen-bond acceptors (Lipinski definition) is 2. The third kappa shape index (κ3) is 6.58. The molecule has 0 aromatic rings. The lowest BCUT2D eigenvalue weighted by Gasteiger charge is -2.45. The Morgan fingerprint density at radius 1 is 1.00 bits per heavy atom. The quantitative estimate of drug-likeness (QED) is 0.572. The summed E-state index contributed by atoms with van der Waals surface area (Å²) in [4.78, 5) is 2.81. The summed E-state index contributed by atoms with van der Waals surface area (Å²) in [6.07, 6.45) is 6.81. The van der Waals surface area contributed by atoms with Crippen LogP contribution in [-0.2, 0) is 0 Å². The van der Waals surface area contributed by atoms with E-state index in [4.69, 9.17) is 0 Å². The van der Waals surface area contributed by atoms with Gasteiger partial charge in [0.1, 0.15) is 0 Å². The van der Waals surface area contributed by atoms with Crippen LogP contribution in [0.4, 0.5) is 0 Å². The van der Waals surface area contributed by atoms with Crippen molar-refractivity contribution in [2.75, 3.05) is 26.2 Å². The molecule has 0 saturated heterocycles. The summed E-state index contributed by atoms with van der Waals surface area (Å²) in [5.74, 6) is 2.56. The van der Waals surface area contributed by atoms with Crippen LogP contribution in [0, 0.1) is 17.8 Å². The fraction of sp³-hybridized carbons (Fsp3) is 1.00. The molecule has 1 rings (SSSR count). The van der Waals surface area contributed by atoms with Gasteiger partial charge in [0.05, 0.1) is 0 Å². The first kappa shape index (κ1) is 18.0. The lowest BCUT2D eigenvalue weighted by molar-refractivity contribution is 0.0544. The van der Waals surface area contributed by atoms with E-state index in [1.165, 1.54) is 58.3 Å². The lowest BCUT2D eigenvalue weighted by atomic mass is 9.78. The monoisotopic (exact) mass is 282 g/mol. The van der Waals surface area contributed by atoms with E-state index in [0.29, 0.717) is 0 Å². The summed E-state index contributed by atoms with van der Waals surface area (Å²) >= 11 is 0. The molecule has 1 fully saturated rings. The Kier molecular flexibility index (Phi) is 8.79. The number of nitrogens with one attached hydrogen (secondary N) is 1. The number of nitrogens with zero attached hydrogens (tertiary/aromatic N) is 1. The van der Waals surface area contributed by atoms with Gasteiger partial charge in [-0.2, -0.15) is 0 Å². The predicted molar refractivity (Wildman–Crippen MR) is 90.2 cm³/mol. The second-order valence-corrected chi connectivity index (χ2v) is 7.51. The van der Waals surface area contributed by atoms with Crippen molar-refractivity contribution in [2.24, 2.45) is 17.8 Å². The minimum absolute atomic E-state index is 0.827. The minimum Gasteiger partial charge on any atom is -0.316 e. The topological polar surface area (TPSA) is 15.3 Å². The molecule has 1 saturated carbocycles. The van der Waals surface area contributed by atoms with Gasteiger partial charge in [0.15, 0.2) is 0 Å². The van der Waals surface area contributed by atoms with Gasteiger partial charge in [0, 0.05) is 6.04 Å². The third-order valence-electron chi connectivity index (χ3n) is 4.67. The van der Waals surface area contributed by atoms with Crippen molar-refractivity contribution < 1.29 is 0 Å². The molecule has 1 N–H and O–H groups in total. The average molecular weight is 283 g/mol. The Bertz CT molecular complexity index is 226. The summed E-state index contributed by atoms with van der Waals surface area (Å²) in [6.45, 7) is 16.7. The summed E-state index contributed by atoms with van der Waals surface area (Å²) in [7, 11) is 0. The Labute approximate surface area is 127 Å². The van der Waals surface area contributed by atoms with E-state index >= 15 is 0 Å². The van der Waals surface area contributed by atoms with E-state index in [-0.39, 0.29) is 0 Å². The molecule has 2 nitrogen and oxygen atoms in total. The van der Waals surface area contributed by atoms with Crippen LogP contribution < -0.4 is 5.32 Å². The maximum absolute atomic E-state index is 3.62. The third-order valence-corrected chi connectivity index (χ3v) is 4.67. The highest BCUT2D eigenvalue weighted by molar-refractivity contribution is 4.90. The van der Waals surface area contributed by atoms with Gasteiger partial charge in [-0.1, -0.05) is 34.6 Å². The molecule has 0 radical (unpaired) electrons. The molecule has 0 aromatic heterocycles. The Morgan fingerprint density at radius 3 is 2.00 bits per heavy atom. The van der Waals surface area contributed by atoms with Crippen LogP contribution in [-0.4, -0.2) is 37.1 Å². The van der Waals surface area contributed by atoms with E-state index in [1.807, 2.05) is 0 Å². The van der Waals surface area contributed by atoms with E-state index in [1.54, 1.807) is 0 Å². The zero-order chi connectivity index (χ0) is 15.0. The molecule has 1 aliphatic rings. The maximum Gasteiger partial charge on any atom is 0.0136 e. The summed E-state index contributed by atoms with van der Waals surface area (Å²) in [5.41, 5.74) is 0. The molecule has 0 amide bonds. The van der Waals surface area contributed by atoms with Crippen LogP contribution in [0.2, 0.25) is 0 Å². The van der Waals surface area contributed by atoms with Gasteiger partial charge >= 0.3 is 0 Å². The zero-order valence-electron chi connectivity index (χ0n) is 14.6. The molecule has 2 atom stereocenters. The summed E-state index contributed by atoms with van der Waals surface area (Å²) in [6, 6.07) is 0.858. The fourth-order valence-electron chi connectivity index (χ4n) is 3.03. The van der Waals surface area contributed by atoms with Gasteiger partial charge in [-0.25, -0.2) is 0 Å². The van der Waals surface area contributed by atoms with Crippen molar-refractivity contribution in [3.63, 3.8) is 0 Å². The first-order valence-corrected chi connectivity index (χ1v) is 8.99. The van der Waals surface area contributed by atoms with Crippen molar-refractivity contribution in [1.82, 2.24) is 10.2 Å². The molecule has 20 heavy (non-hydrogen) atoms. The maximum atomic E-state index is 3.62. The molecular weight excluding hydrogens is 244 g/mol. The highest BCUT2D eigenvalue weighted by atomic mass is 15.2. The van der Waals surface area contributed by atoms with Crippen LogP contribution in [0.1, 0.15) is 66.7 Å². The van der Waals surface area contributed by atoms with Crippen LogP contribution in [0.25, 0.3) is 0 Å². The average Bonchev–Trinajstić information content (AvgIpc) is 2.35. The molecule has 0 aliphatic heterocycles. The zero-order valence-corrected chi connectivity index (χ0v) is 14.6. The standard InChI is InChI=1S/C18H38N2/c1-6-11-19-14-17-7-8-18(17)20(12-9-15(2)3)13-10-16(4)5/h15-19H,6-14H2,1-5H3. The van der Waals surface area contributed by atoms with Crippen LogP contribution in [0.3, 0.4) is 0 Å². The molecule has 0 spiro atoms. The van der Waals surface area contributed by atoms with Crippen molar-refractivity contribution >= 4 is 0 Å². The first-order valence-electron chi connectivity index (χ1n) is 8.99. The predicted octanol–water partition coefficient (Wildman–Crippen LogP) is 4.16. The number of rotatable bonds is 11. The van der Waals surface area contributed by atoms with Crippen LogP contribution in [0.5, 0.6) is 0 Å². The van der Waals surface area contributed by atoms with E-state index in [0.717, 1.165) is 23.8 Å². The number of hydrogen-bond donors (Lipinski definition) is 1. The highest BCUT2D eigenvalue weighted by Crippen LogP contribution is 2.32. The Hall–Kier alpha value is -0.0800. The molecule has 0 heterocycles. The van der Waals surface area contributed by atoms with Gasteiger partial charge in [-0.05, 0) is 76.0 Å². The van der Waals surface area contributed by atoms with Gasteiger partial charge in [0.2, 0.25) is 0 Å². The van der Waals surface area contributed by atoms with Crippen LogP contribution in [0.15, 0.2) is 0 Å². The molecule has 1 aliphatic carbocycles. The molecule has 0 bridgehead atoms. The second-order valence-electron chi connectivity index (χ2n) is 7.51. The SMILES string of the molecule is CCCNCC1CCC1N(CCC(C)C)CCC(C)C. The largest absolute Gasteiger partial charge is 0.316 e. The fourth-order valence-corrected chi connectivity index (χ4v) is 3.03. The van der Waals surface area contributed by atoms with E-state index in [2.05, 4.69) is 44.8 Å². The smallest absolute Gasteiger partial charge is 0.0136 e. The van der Waals surface area contributed by atoms with Gasteiger partial charge in [-0.15, -0.1) is 0 Å². The first-order chi connectivity index (χ1) is 9.54. The van der Waals surface area contributed by atoms with Crippen molar-refractivity contribution in [3.8, 4) is 0 Å². The molecule has 2 heteroatoms. The molecule has 120 valence electrons. The lowest BCUT2D eigenvalue weighted by Crippen LogP contribution is -2.51.